The van der Waals surface area contributed by atoms with Gasteiger partial charge >= 0.3 is 0 Å². The Hall–Kier alpha value is -0.340. The Balaban J connectivity index is 2.06. The van der Waals surface area contributed by atoms with E-state index in [9.17, 15) is 0 Å². The molecule has 0 atom stereocenters. The molecule has 3 rings (SSSR count). The van der Waals surface area contributed by atoms with Gasteiger partial charge in [0.15, 0.2) is 0 Å². The molecular weight excluding hydrogens is 250 g/mol. The molecule has 0 spiro atoms. The molecule has 1 nitrogen and oxygen atoms in total. The average Bonchev–Trinajstić information content (AvgIpc) is 3.01. The molecule has 1 aromatic rings. The van der Waals surface area contributed by atoms with Crippen molar-refractivity contribution in [2.75, 3.05) is 0 Å². The normalized spacial score (nSPS) is 25.0. The summed E-state index contributed by atoms with van der Waals surface area (Å²) < 4.78 is 1.25. The van der Waals surface area contributed by atoms with E-state index < -0.39 is 0 Å². The van der Waals surface area contributed by atoms with Crippen LogP contribution in [-0.4, -0.2) is 5.54 Å². The lowest BCUT2D eigenvalue weighted by Crippen LogP contribution is -2.37. The summed E-state index contributed by atoms with van der Waals surface area (Å²) in [5, 5.41) is 0. The van der Waals surface area contributed by atoms with E-state index >= 15 is 0 Å². The maximum Gasteiger partial charge on any atom is 0.0254 e. The van der Waals surface area contributed by atoms with Crippen molar-refractivity contribution in [2.45, 2.75) is 43.6 Å². The monoisotopic (exact) mass is 265 g/mol. The Morgan fingerprint density at radius 1 is 1.20 bits per heavy atom. The van der Waals surface area contributed by atoms with E-state index in [1.54, 1.807) is 0 Å². The van der Waals surface area contributed by atoms with Crippen LogP contribution in [-0.2, 0) is 5.41 Å². The third-order valence-electron chi connectivity index (χ3n) is 4.13. The molecular formula is C13H16BrN. The summed E-state index contributed by atoms with van der Waals surface area (Å²) in [5.74, 6) is 0. The molecule has 1 aromatic carbocycles. The molecule has 2 saturated carbocycles. The Bertz CT molecular complexity index is 417. The van der Waals surface area contributed by atoms with Crippen molar-refractivity contribution in [3.05, 3.63) is 33.8 Å². The molecule has 2 N–H and O–H groups in total. The first-order valence-electron chi connectivity index (χ1n) is 5.63. The SMILES string of the molecule is Cc1ccc(C2(C3(N)CC3)CC2)c(Br)c1. The van der Waals surface area contributed by atoms with Crippen molar-refractivity contribution in [3.8, 4) is 0 Å². The van der Waals surface area contributed by atoms with Gasteiger partial charge in [-0.15, -0.1) is 0 Å². The van der Waals surface area contributed by atoms with Gasteiger partial charge in [0, 0.05) is 15.4 Å². The first-order valence-corrected chi connectivity index (χ1v) is 6.42. The number of rotatable bonds is 2. The highest BCUT2D eigenvalue weighted by Crippen LogP contribution is 2.64. The second kappa shape index (κ2) is 2.86. The summed E-state index contributed by atoms with van der Waals surface area (Å²) in [5.41, 5.74) is 9.57. The number of benzene rings is 1. The molecule has 0 radical (unpaired) electrons. The number of halogens is 1. The van der Waals surface area contributed by atoms with E-state index in [1.807, 2.05) is 0 Å². The van der Waals surface area contributed by atoms with Gasteiger partial charge in [-0.05, 0) is 49.8 Å². The fraction of sp³-hybridized carbons (Fsp3) is 0.538. The zero-order chi connectivity index (χ0) is 10.7. The topological polar surface area (TPSA) is 26.0 Å². The van der Waals surface area contributed by atoms with Gasteiger partial charge < -0.3 is 5.73 Å². The van der Waals surface area contributed by atoms with E-state index in [0.717, 1.165) is 0 Å². The molecule has 2 aliphatic carbocycles. The molecule has 15 heavy (non-hydrogen) atoms. The van der Waals surface area contributed by atoms with E-state index in [2.05, 4.69) is 41.1 Å². The lowest BCUT2D eigenvalue weighted by molar-refractivity contribution is 0.501. The molecule has 2 heteroatoms. The van der Waals surface area contributed by atoms with Crippen molar-refractivity contribution in [3.63, 3.8) is 0 Å². The third-order valence-corrected chi connectivity index (χ3v) is 4.79. The molecule has 0 bridgehead atoms. The smallest absolute Gasteiger partial charge is 0.0254 e. The Kier molecular flexibility index (Phi) is 1.88. The van der Waals surface area contributed by atoms with Gasteiger partial charge in [-0.1, -0.05) is 28.1 Å². The van der Waals surface area contributed by atoms with Crippen LogP contribution in [0.25, 0.3) is 0 Å². The average molecular weight is 266 g/mol. The fourth-order valence-corrected chi connectivity index (χ4v) is 3.65. The van der Waals surface area contributed by atoms with Crippen molar-refractivity contribution in [1.29, 1.82) is 0 Å². The summed E-state index contributed by atoms with van der Waals surface area (Å²) in [7, 11) is 0. The molecule has 0 heterocycles. The zero-order valence-electron chi connectivity index (χ0n) is 9.02. The van der Waals surface area contributed by atoms with Crippen LogP contribution < -0.4 is 5.73 Å². The maximum atomic E-state index is 6.40. The van der Waals surface area contributed by atoms with Gasteiger partial charge in [-0.2, -0.15) is 0 Å². The van der Waals surface area contributed by atoms with Crippen LogP contribution in [0, 0.1) is 6.92 Å². The molecule has 0 aliphatic heterocycles. The first-order chi connectivity index (χ1) is 7.07. The number of aryl methyl sites for hydroxylation is 1. The number of nitrogens with two attached hydrogens (primary N) is 1. The van der Waals surface area contributed by atoms with Crippen molar-refractivity contribution in [1.82, 2.24) is 0 Å². The second-order valence-electron chi connectivity index (χ2n) is 5.22. The molecule has 0 unspecified atom stereocenters. The van der Waals surface area contributed by atoms with E-state index in [1.165, 1.54) is 41.3 Å². The Morgan fingerprint density at radius 3 is 2.33 bits per heavy atom. The summed E-state index contributed by atoms with van der Waals surface area (Å²) in [6.45, 7) is 2.13. The largest absolute Gasteiger partial charge is 0.324 e. The van der Waals surface area contributed by atoms with Crippen molar-refractivity contribution in [2.24, 2.45) is 5.73 Å². The predicted molar refractivity (Wildman–Crippen MR) is 65.9 cm³/mol. The first kappa shape index (κ1) is 9.86. The number of hydrogen-bond acceptors (Lipinski definition) is 1. The van der Waals surface area contributed by atoms with Crippen LogP contribution in [0.5, 0.6) is 0 Å². The summed E-state index contributed by atoms with van der Waals surface area (Å²) in [6.07, 6.45) is 4.94. The standard InChI is InChI=1S/C13H16BrN/c1-9-2-3-10(11(14)8-9)12(4-5-12)13(15)6-7-13/h2-3,8H,4-7,15H2,1H3. The lowest BCUT2D eigenvalue weighted by Gasteiger charge is -2.24. The van der Waals surface area contributed by atoms with Gasteiger partial charge in [0.2, 0.25) is 0 Å². The molecule has 0 amide bonds. The van der Waals surface area contributed by atoms with Crippen LogP contribution in [0.4, 0.5) is 0 Å². The quantitative estimate of drug-likeness (QED) is 0.873. The minimum Gasteiger partial charge on any atom is -0.324 e. The lowest BCUT2D eigenvalue weighted by atomic mass is 9.86. The Labute approximate surface area is 99.2 Å². The van der Waals surface area contributed by atoms with Crippen LogP contribution in [0.1, 0.15) is 36.8 Å². The molecule has 80 valence electrons. The minimum absolute atomic E-state index is 0.116. The summed E-state index contributed by atoms with van der Waals surface area (Å²) in [4.78, 5) is 0. The Morgan fingerprint density at radius 2 is 1.87 bits per heavy atom. The van der Waals surface area contributed by atoms with Crippen LogP contribution in [0.15, 0.2) is 22.7 Å². The van der Waals surface area contributed by atoms with Gasteiger partial charge in [-0.25, -0.2) is 0 Å². The molecule has 0 saturated heterocycles. The van der Waals surface area contributed by atoms with Crippen LogP contribution in [0.2, 0.25) is 0 Å². The van der Waals surface area contributed by atoms with Gasteiger partial charge in [0.1, 0.15) is 0 Å². The fourth-order valence-electron chi connectivity index (χ4n) is 2.78. The minimum atomic E-state index is 0.116. The zero-order valence-corrected chi connectivity index (χ0v) is 10.6. The van der Waals surface area contributed by atoms with Crippen LogP contribution in [0.3, 0.4) is 0 Å². The molecule has 2 aliphatic rings. The predicted octanol–water partition coefficient (Wildman–Crippen LogP) is 3.28. The highest BCUT2D eigenvalue weighted by molar-refractivity contribution is 9.10. The van der Waals surface area contributed by atoms with Gasteiger partial charge in [0.05, 0.1) is 0 Å². The van der Waals surface area contributed by atoms with Crippen molar-refractivity contribution >= 4 is 15.9 Å². The summed E-state index contributed by atoms with van der Waals surface area (Å²) >= 11 is 3.69. The highest BCUT2D eigenvalue weighted by atomic mass is 79.9. The molecule has 0 aromatic heterocycles. The summed E-state index contributed by atoms with van der Waals surface area (Å²) in [6, 6.07) is 6.67. The third kappa shape index (κ3) is 1.31. The van der Waals surface area contributed by atoms with E-state index in [0.29, 0.717) is 5.41 Å². The van der Waals surface area contributed by atoms with Crippen LogP contribution >= 0.6 is 15.9 Å². The van der Waals surface area contributed by atoms with Gasteiger partial charge in [-0.3, -0.25) is 0 Å². The second-order valence-corrected chi connectivity index (χ2v) is 6.08. The molecule has 2 fully saturated rings. The number of hydrogen-bond donors (Lipinski definition) is 1. The van der Waals surface area contributed by atoms with Gasteiger partial charge in [0.25, 0.3) is 0 Å². The van der Waals surface area contributed by atoms with E-state index in [-0.39, 0.29) is 5.54 Å². The van der Waals surface area contributed by atoms with Crippen molar-refractivity contribution < 1.29 is 0 Å². The highest BCUT2D eigenvalue weighted by Gasteiger charge is 2.64. The van der Waals surface area contributed by atoms with E-state index in [4.69, 9.17) is 5.73 Å². The maximum absolute atomic E-state index is 6.40.